The van der Waals surface area contributed by atoms with Crippen LogP contribution in [0.2, 0.25) is 0 Å². The molecular weight excluding hydrogens is 207 g/mol. The molecule has 0 saturated carbocycles. The molecule has 0 unspecified atom stereocenters. The minimum absolute atomic E-state index is 0. The van der Waals surface area contributed by atoms with Crippen molar-refractivity contribution in [2.75, 3.05) is 6.61 Å². The fraction of sp³-hybridized carbons (Fsp3) is 0.667. The maximum Gasteiger partial charge on any atom is 1.00 e. The van der Waals surface area contributed by atoms with Crippen LogP contribution in [0.25, 0.3) is 0 Å². The summed E-state index contributed by atoms with van der Waals surface area (Å²) in [6, 6.07) is 0. The van der Waals surface area contributed by atoms with Crippen molar-refractivity contribution >= 4 is 11.8 Å². The summed E-state index contributed by atoms with van der Waals surface area (Å²) >= 11 is 0. The summed E-state index contributed by atoms with van der Waals surface area (Å²) in [6.45, 7) is -0.884. The van der Waals surface area contributed by atoms with Crippen molar-refractivity contribution in [2.45, 2.75) is 18.3 Å². The first-order valence-electron chi connectivity index (χ1n) is 3.34. The number of aliphatic carboxylic acids is 1. The van der Waals surface area contributed by atoms with Crippen LogP contribution in [0, 0.1) is 0 Å². The average molecular weight is 218 g/mol. The van der Waals surface area contributed by atoms with Gasteiger partial charge in [-0.05, 0) is 0 Å². The van der Waals surface area contributed by atoms with Crippen molar-refractivity contribution in [3.8, 4) is 0 Å². The van der Waals surface area contributed by atoms with E-state index in [9.17, 15) is 9.59 Å². The summed E-state index contributed by atoms with van der Waals surface area (Å²) in [5, 5.41) is 42.8. The Morgan fingerprint density at radius 3 is 1.93 bits per heavy atom. The normalized spacial score (nSPS) is 16.3. The molecule has 3 atom stereocenters. The zero-order chi connectivity index (χ0) is 10.6. The molecule has 0 aromatic rings. The van der Waals surface area contributed by atoms with Gasteiger partial charge in [-0.25, -0.2) is 4.79 Å². The molecule has 0 aromatic carbocycles. The molecule has 0 fully saturated rings. The summed E-state index contributed by atoms with van der Waals surface area (Å²) in [7, 11) is 0. The second-order valence-corrected chi connectivity index (χ2v) is 2.35. The van der Waals surface area contributed by atoms with Crippen molar-refractivity contribution in [3.63, 3.8) is 0 Å². The van der Waals surface area contributed by atoms with Gasteiger partial charge in [-0.2, -0.15) is 0 Å². The summed E-state index contributed by atoms with van der Waals surface area (Å²) in [6.07, 6.45) is -5.99. The number of carbonyl (C=O) groups excluding carboxylic acids is 1. The van der Waals surface area contributed by atoms with Gasteiger partial charge in [-0.3, -0.25) is 4.79 Å². The van der Waals surface area contributed by atoms with Gasteiger partial charge in [-0.15, -0.1) is 0 Å². The van der Waals surface area contributed by atoms with Crippen LogP contribution in [-0.2, 0) is 9.59 Å². The van der Waals surface area contributed by atoms with E-state index in [4.69, 9.17) is 25.5 Å². The molecule has 8 heteroatoms. The zero-order valence-corrected chi connectivity index (χ0v) is 9.49. The maximum atomic E-state index is 10.5. The fourth-order valence-electron chi connectivity index (χ4n) is 0.600. The number of ketones is 1. The molecule has 14 heavy (non-hydrogen) atoms. The first-order valence-corrected chi connectivity index (χ1v) is 3.34. The van der Waals surface area contributed by atoms with E-state index in [0.29, 0.717) is 0 Å². The van der Waals surface area contributed by atoms with E-state index in [1.807, 2.05) is 0 Å². The Balaban J connectivity index is -0.000000720. The monoisotopic (exact) mass is 218 g/mol. The molecular formula is C6H11NaO7. The maximum absolute atomic E-state index is 10.5. The first-order chi connectivity index (χ1) is 5.91. The number of hydrogen-bond donors (Lipinski definition) is 5. The fourth-order valence-corrected chi connectivity index (χ4v) is 0.600. The van der Waals surface area contributed by atoms with Gasteiger partial charge in [0.15, 0.2) is 6.10 Å². The topological polar surface area (TPSA) is 135 Å². The van der Waals surface area contributed by atoms with E-state index in [-0.39, 0.29) is 31.0 Å². The van der Waals surface area contributed by atoms with E-state index in [1.54, 1.807) is 0 Å². The number of carboxylic acid groups (broad SMARTS) is 1. The predicted octanol–water partition coefficient (Wildman–Crippen LogP) is -6.17. The third-order valence-corrected chi connectivity index (χ3v) is 1.38. The van der Waals surface area contributed by atoms with Gasteiger partial charge in [0.1, 0.15) is 12.2 Å². The van der Waals surface area contributed by atoms with Crippen molar-refractivity contribution in [1.29, 1.82) is 0 Å². The quantitative estimate of drug-likeness (QED) is 0.229. The van der Waals surface area contributed by atoms with E-state index in [2.05, 4.69) is 0 Å². The van der Waals surface area contributed by atoms with Crippen LogP contribution in [0.4, 0.5) is 0 Å². The van der Waals surface area contributed by atoms with Crippen molar-refractivity contribution in [1.82, 2.24) is 0 Å². The molecule has 0 bridgehead atoms. The third kappa shape index (κ3) is 4.47. The summed E-state index contributed by atoms with van der Waals surface area (Å²) < 4.78 is 0. The van der Waals surface area contributed by atoms with Crippen molar-refractivity contribution in [3.05, 3.63) is 0 Å². The van der Waals surface area contributed by atoms with Crippen LogP contribution in [0.15, 0.2) is 0 Å². The Kier molecular flexibility index (Phi) is 8.55. The van der Waals surface area contributed by atoms with Crippen LogP contribution in [0.3, 0.4) is 0 Å². The van der Waals surface area contributed by atoms with Gasteiger partial charge < -0.3 is 27.0 Å². The third-order valence-electron chi connectivity index (χ3n) is 1.38. The number of carboxylic acids is 1. The molecule has 0 aromatic heterocycles. The minimum Gasteiger partial charge on any atom is -1.00 e. The smallest absolute Gasteiger partial charge is 1.00 e. The standard InChI is InChI=1S/C6H10O7.Na.H/c7-1-2(8)3(9)4(10)5(11)6(12)13;;/h2-4,7-10H,1H2,(H,12,13);;/q;+1;-1/t2-,3-,4+;;/m1../s1. The van der Waals surface area contributed by atoms with Crippen LogP contribution in [0.5, 0.6) is 0 Å². The Morgan fingerprint density at radius 2 is 1.64 bits per heavy atom. The molecule has 0 aliphatic carbocycles. The number of Topliss-reactive ketones (excluding diaryl/α,β-unsaturated/α-hetero) is 1. The Morgan fingerprint density at radius 1 is 1.21 bits per heavy atom. The molecule has 0 rings (SSSR count). The summed E-state index contributed by atoms with van der Waals surface area (Å²) in [4.78, 5) is 20.5. The second kappa shape index (κ2) is 7.30. The van der Waals surface area contributed by atoms with Crippen LogP contribution < -0.4 is 29.6 Å². The van der Waals surface area contributed by atoms with Gasteiger partial charge >= 0.3 is 35.5 Å². The minimum atomic E-state index is -2.24. The molecule has 0 heterocycles. The SMILES string of the molecule is O=C(O)C(=O)[C@@H](O)[C@H](O)[C@H](O)CO.[H-].[Na+]. The van der Waals surface area contributed by atoms with Gasteiger partial charge in [0.25, 0.3) is 5.78 Å². The second-order valence-electron chi connectivity index (χ2n) is 2.35. The van der Waals surface area contributed by atoms with E-state index in [0.717, 1.165) is 0 Å². The largest absolute Gasteiger partial charge is 1.00 e. The van der Waals surface area contributed by atoms with Gasteiger partial charge in [0.05, 0.1) is 6.61 Å². The van der Waals surface area contributed by atoms with Crippen molar-refractivity contribution in [2.24, 2.45) is 0 Å². The van der Waals surface area contributed by atoms with E-state index >= 15 is 0 Å². The molecule has 0 saturated heterocycles. The molecule has 0 radical (unpaired) electrons. The molecule has 78 valence electrons. The molecule has 0 spiro atoms. The Bertz CT molecular complexity index is 212. The number of aliphatic hydroxyl groups excluding tert-OH is 4. The molecule has 0 aliphatic rings. The summed E-state index contributed by atoms with van der Waals surface area (Å²) in [5.74, 6) is -3.56. The molecule has 7 nitrogen and oxygen atoms in total. The predicted molar refractivity (Wildman–Crippen MR) is 38.9 cm³/mol. The van der Waals surface area contributed by atoms with Gasteiger partial charge in [0, 0.05) is 0 Å². The Labute approximate surface area is 103 Å². The summed E-state index contributed by atoms with van der Waals surface area (Å²) in [5.41, 5.74) is 0. The molecule has 5 N–H and O–H groups in total. The Hall–Kier alpha value is -0.0200. The van der Waals surface area contributed by atoms with Gasteiger partial charge in [0.2, 0.25) is 0 Å². The van der Waals surface area contributed by atoms with Crippen molar-refractivity contribution < 1.29 is 66.1 Å². The van der Waals surface area contributed by atoms with Crippen LogP contribution in [-0.4, -0.2) is 62.2 Å². The first kappa shape index (κ1) is 16.4. The number of aliphatic hydroxyl groups is 4. The van der Waals surface area contributed by atoms with E-state index < -0.39 is 36.7 Å². The number of hydrogen-bond acceptors (Lipinski definition) is 6. The van der Waals surface area contributed by atoms with E-state index in [1.165, 1.54) is 0 Å². The number of carbonyl (C=O) groups is 2. The van der Waals surface area contributed by atoms with Crippen LogP contribution in [0.1, 0.15) is 1.43 Å². The van der Waals surface area contributed by atoms with Crippen LogP contribution >= 0.6 is 0 Å². The number of rotatable bonds is 5. The zero-order valence-electron chi connectivity index (χ0n) is 8.49. The van der Waals surface area contributed by atoms with Gasteiger partial charge in [-0.1, -0.05) is 0 Å². The average Bonchev–Trinajstić information content (AvgIpc) is 2.12. The molecule has 0 amide bonds. The molecule has 0 aliphatic heterocycles.